The third-order valence-electron chi connectivity index (χ3n) is 4.99. The highest BCUT2D eigenvalue weighted by atomic mass is 19.1. The number of halogens is 1. The van der Waals surface area contributed by atoms with Gasteiger partial charge in [0, 0.05) is 6.07 Å². The maximum atomic E-state index is 13.4. The van der Waals surface area contributed by atoms with Crippen molar-refractivity contribution in [3.05, 3.63) is 101 Å². The van der Waals surface area contributed by atoms with E-state index in [1.807, 2.05) is 12.1 Å². The first-order valence-corrected chi connectivity index (χ1v) is 9.87. The SMILES string of the molecule is CC(C)(C)c1ccc(C(=O)Oc2ccc3c(c2)O/C(=C/c2cccc(F)c2)C3=O)cc1. The predicted octanol–water partition coefficient (Wildman–Crippen LogP) is 5.96. The summed E-state index contributed by atoms with van der Waals surface area (Å²) in [5, 5.41) is 0. The molecule has 1 heterocycles. The van der Waals surface area contributed by atoms with E-state index < -0.39 is 11.8 Å². The number of Topliss-reactive ketones (excluding diaryl/α,β-unsaturated/α-hetero) is 1. The average Bonchev–Trinajstić information content (AvgIpc) is 3.02. The van der Waals surface area contributed by atoms with E-state index in [1.165, 1.54) is 24.3 Å². The molecule has 156 valence electrons. The molecule has 0 aromatic heterocycles. The average molecular weight is 416 g/mol. The van der Waals surface area contributed by atoms with Crippen LogP contribution >= 0.6 is 0 Å². The molecule has 1 aliphatic heterocycles. The van der Waals surface area contributed by atoms with Gasteiger partial charge in [0.05, 0.1) is 11.1 Å². The van der Waals surface area contributed by atoms with E-state index in [4.69, 9.17) is 9.47 Å². The van der Waals surface area contributed by atoms with Gasteiger partial charge in [-0.2, -0.15) is 0 Å². The molecule has 0 spiro atoms. The highest BCUT2D eigenvalue weighted by molar-refractivity contribution is 6.14. The second-order valence-corrected chi connectivity index (χ2v) is 8.37. The van der Waals surface area contributed by atoms with E-state index in [2.05, 4.69) is 20.8 Å². The van der Waals surface area contributed by atoms with Gasteiger partial charge in [0.25, 0.3) is 0 Å². The minimum Gasteiger partial charge on any atom is -0.452 e. The molecule has 0 fully saturated rings. The number of rotatable bonds is 3. The van der Waals surface area contributed by atoms with Gasteiger partial charge in [-0.3, -0.25) is 4.79 Å². The Balaban J connectivity index is 1.51. The molecule has 0 unspecified atom stereocenters. The highest BCUT2D eigenvalue weighted by Crippen LogP contribution is 2.35. The van der Waals surface area contributed by atoms with Crippen molar-refractivity contribution in [2.75, 3.05) is 0 Å². The smallest absolute Gasteiger partial charge is 0.343 e. The zero-order valence-electron chi connectivity index (χ0n) is 17.4. The molecular weight excluding hydrogens is 395 g/mol. The van der Waals surface area contributed by atoms with Crippen LogP contribution < -0.4 is 9.47 Å². The first kappa shape index (κ1) is 20.5. The van der Waals surface area contributed by atoms with Gasteiger partial charge in [-0.05, 0) is 59.0 Å². The number of esters is 1. The summed E-state index contributed by atoms with van der Waals surface area (Å²) in [6.45, 7) is 6.30. The Labute approximate surface area is 179 Å². The lowest BCUT2D eigenvalue weighted by Gasteiger charge is -2.18. The Morgan fingerprint density at radius 1 is 1.00 bits per heavy atom. The van der Waals surface area contributed by atoms with Gasteiger partial charge in [-0.15, -0.1) is 0 Å². The summed E-state index contributed by atoms with van der Waals surface area (Å²) in [5.41, 5.74) is 2.41. The molecule has 0 N–H and O–H groups in total. The van der Waals surface area contributed by atoms with E-state index in [0.717, 1.165) is 5.56 Å². The number of ketones is 1. The van der Waals surface area contributed by atoms with Crippen LogP contribution in [0.2, 0.25) is 0 Å². The summed E-state index contributed by atoms with van der Waals surface area (Å²) in [5.74, 6) is -0.566. The Morgan fingerprint density at radius 3 is 2.42 bits per heavy atom. The van der Waals surface area contributed by atoms with E-state index >= 15 is 0 Å². The van der Waals surface area contributed by atoms with Crippen molar-refractivity contribution in [1.29, 1.82) is 0 Å². The Kier molecular flexibility index (Phi) is 5.19. The molecule has 31 heavy (non-hydrogen) atoms. The van der Waals surface area contributed by atoms with Crippen LogP contribution in [0.3, 0.4) is 0 Å². The van der Waals surface area contributed by atoms with Crippen molar-refractivity contribution in [2.45, 2.75) is 26.2 Å². The highest BCUT2D eigenvalue weighted by Gasteiger charge is 2.28. The second kappa shape index (κ2) is 7.84. The van der Waals surface area contributed by atoms with Crippen LogP contribution in [0, 0.1) is 5.82 Å². The molecular formula is C26H21FO4. The minimum atomic E-state index is -0.500. The number of ether oxygens (including phenoxy) is 2. The Hall–Kier alpha value is -3.73. The van der Waals surface area contributed by atoms with Crippen molar-refractivity contribution >= 4 is 17.8 Å². The predicted molar refractivity (Wildman–Crippen MR) is 116 cm³/mol. The zero-order chi connectivity index (χ0) is 22.2. The Morgan fingerprint density at radius 2 is 1.74 bits per heavy atom. The molecule has 4 nitrogen and oxygen atoms in total. The topological polar surface area (TPSA) is 52.6 Å². The standard InChI is InChI=1S/C26H21FO4/c1-26(2,3)18-9-7-17(8-10-18)25(29)30-20-11-12-21-22(15-20)31-23(24(21)28)14-16-5-4-6-19(27)13-16/h4-15H,1-3H3/b23-14+. The number of hydrogen-bond acceptors (Lipinski definition) is 4. The van der Waals surface area contributed by atoms with Crippen molar-refractivity contribution in [3.63, 3.8) is 0 Å². The lowest BCUT2D eigenvalue weighted by atomic mass is 9.87. The van der Waals surface area contributed by atoms with Gasteiger partial charge in [-0.25, -0.2) is 9.18 Å². The number of carbonyl (C=O) groups is 2. The summed E-state index contributed by atoms with van der Waals surface area (Å²) in [6.07, 6.45) is 1.48. The largest absolute Gasteiger partial charge is 0.452 e. The number of fused-ring (bicyclic) bond motifs is 1. The molecule has 0 bridgehead atoms. The number of allylic oxidation sites excluding steroid dienone is 1. The summed E-state index contributed by atoms with van der Waals surface area (Å²) in [6, 6.07) is 17.7. The molecule has 5 heteroatoms. The quantitative estimate of drug-likeness (QED) is 0.300. The van der Waals surface area contributed by atoms with Crippen LogP contribution in [-0.2, 0) is 5.41 Å². The van der Waals surface area contributed by atoms with E-state index in [1.54, 1.807) is 36.4 Å². The van der Waals surface area contributed by atoms with Crippen LogP contribution in [0.5, 0.6) is 11.5 Å². The van der Waals surface area contributed by atoms with Crippen LogP contribution in [0.25, 0.3) is 6.08 Å². The minimum absolute atomic E-state index is 0.0109. The number of carbonyl (C=O) groups excluding carboxylic acids is 2. The van der Waals surface area contributed by atoms with Crippen LogP contribution in [0.1, 0.15) is 52.6 Å². The third kappa shape index (κ3) is 4.40. The van der Waals surface area contributed by atoms with Gasteiger partial charge in [-0.1, -0.05) is 45.0 Å². The fraction of sp³-hybridized carbons (Fsp3) is 0.154. The fourth-order valence-corrected chi connectivity index (χ4v) is 3.25. The molecule has 0 radical (unpaired) electrons. The maximum Gasteiger partial charge on any atom is 0.343 e. The molecule has 3 aromatic rings. The number of hydrogen-bond donors (Lipinski definition) is 0. The number of benzene rings is 3. The first-order valence-electron chi connectivity index (χ1n) is 9.87. The third-order valence-corrected chi connectivity index (χ3v) is 4.99. The second-order valence-electron chi connectivity index (χ2n) is 8.37. The molecule has 0 saturated carbocycles. The van der Waals surface area contributed by atoms with E-state index in [0.29, 0.717) is 22.4 Å². The van der Waals surface area contributed by atoms with Crippen molar-refractivity contribution < 1.29 is 23.5 Å². The summed E-state index contributed by atoms with van der Waals surface area (Å²) in [7, 11) is 0. The van der Waals surface area contributed by atoms with Gasteiger partial charge in [0.15, 0.2) is 5.76 Å². The van der Waals surface area contributed by atoms with Crippen LogP contribution in [0.4, 0.5) is 4.39 Å². The van der Waals surface area contributed by atoms with Crippen LogP contribution in [0.15, 0.2) is 72.5 Å². The monoisotopic (exact) mass is 416 g/mol. The summed E-state index contributed by atoms with van der Waals surface area (Å²) < 4.78 is 24.5. The van der Waals surface area contributed by atoms with Gasteiger partial charge >= 0.3 is 5.97 Å². The first-order chi connectivity index (χ1) is 14.7. The molecule has 0 amide bonds. The molecule has 1 aliphatic rings. The van der Waals surface area contributed by atoms with E-state index in [-0.39, 0.29) is 22.7 Å². The molecule has 0 saturated heterocycles. The van der Waals surface area contributed by atoms with E-state index in [9.17, 15) is 14.0 Å². The zero-order valence-corrected chi connectivity index (χ0v) is 17.4. The normalized spacial score (nSPS) is 14.3. The molecule has 0 atom stereocenters. The van der Waals surface area contributed by atoms with Gasteiger partial charge < -0.3 is 9.47 Å². The molecule has 0 aliphatic carbocycles. The fourth-order valence-electron chi connectivity index (χ4n) is 3.25. The van der Waals surface area contributed by atoms with Crippen molar-refractivity contribution in [2.24, 2.45) is 0 Å². The van der Waals surface area contributed by atoms with Gasteiger partial charge in [0.1, 0.15) is 17.3 Å². The lowest BCUT2D eigenvalue weighted by Crippen LogP contribution is -2.12. The Bertz CT molecular complexity index is 1200. The molecule has 3 aromatic carbocycles. The van der Waals surface area contributed by atoms with Gasteiger partial charge in [0.2, 0.25) is 5.78 Å². The molecule has 4 rings (SSSR count). The lowest BCUT2D eigenvalue weighted by molar-refractivity contribution is 0.0734. The van der Waals surface area contributed by atoms with Crippen molar-refractivity contribution in [1.82, 2.24) is 0 Å². The van der Waals surface area contributed by atoms with Crippen molar-refractivity contribution in [3.8, 4) is 11.5 Å². The summed E-state index contributed by atoms with van der Waals surface area (Å²) >= 11 is 0. The van der Waals surface area contributed by atoms with Crippen LogP contribution in [-0.4, -0.2) is 11.8 Å². The maximum absolute atomic E-state index is 13.4. The summed E-state index contributed by atoms with van der Waals surface area (Å²) in [4.78, 5) is 25.1.